The van der Waals surface area contributed by atoms with Gasteiger partial charge in [0.25, 0.3) is 0 Å². The van der Waals surface area contributed by atoms with Gasteiger partial charge in [0.15, 0.2) is 0 Å². The maximum atomic E-state index is 5.58. The number of para-hydroxylation sites is 1. The number of hydrogen-bond acceptors (Lipinski definition) is 4. The summed E-state index contributed by atoms with van der Waals surface area (Å²) < 4.78 is 5.58. The fraction of sp³-hybridized carbons (Fsp3) is 0.192. The molecule has 0 saturated carbocycles. The molecule has 0 atom stereocenters. The van der Waals surface area contributed by atoms with E-state index in [0.29, 0.717) is 0 Å². The number of hydrogen-bond donors (Lipinski definition) is 0. The van der Waals surface area contributed by atoms with E-state index in [4.69, 9.17) is 9.72 Å². The van der Waals surface area contributed by atoms with Gasteiger partial charge in [0.1, 0.15) is 11.6 Å². The average Bonchev–Trinajstić information content (AvgIpc) is 2.80. The first-order valence-electron chi connectivity index (χ1n) is 10.3. The number of nitrogens with zero attached hydrogens (tertiary/aromatic N) is 3. The van der Waals surface area contributed by atoms with Crippen molar-refractivity contribution in [3.05, 3.63) is 107 Å². The second-order valence-electron chi connectivity index (χ2n) is 7.74. The molecule has 1 aromatic heterocycles. The molecule has 0 fully saturated rings. The Labute approximate surface area is 177 Å². The number of rotatable bonds is 5. The van der Waals surface area contributed by atoms with Crippen molar-refractivity contribution in [3.63, 3.8) is 0 Å². The first-order valence-corrected chi connectivity index (χ1v) is 10.3. The predicted octanol–water partition coefficient (Wildman–Crippen LogP) is 4.89. The van der Waals surface area contributed by atoms with Gasteiger partial charge in [0, 0.05) is 43.2 Å². The topological polar surface area (TPSA) is 28.6 Å². The smallest absolute Gasteiger partial charge is 0.140 e. The van der Waals surface area contributed by atoms with Crippen LogP contribution in [0.2, 0.25) is 0 Å². The molecule has 0 saturated heterocycles. The van der Waals surface area contributed by atoms with E-state index in [1.54, 1.807) is 7.11 Å². The number of pyridine rings is 1. The third-order valence-corrected chi connectivity index (χ3v) is 5.74. The van der Waals surface area contributed by atoms with Crippen molar-refractivity contribution in [2.45, 2.75) is 13.1 Å². The van der Waals surface area contributed by atoms with E-state index in [1.807, 2.05) is 24.4 Å². The van der Waals surface area contributed by atoms with Crippen molar-refractivity contribution >= 4 is 11.4 Å². The Bertz CT molecular complexity index is 1100. The lowest BCUT2D eigenvalue weighted by molar-refractivity contribution is 0.317. The minimum Gasteiger partial charge on any atom is -0.496 e. The van der Waals surface area contributed by atoms with Crippen LogP contribution in [0.1, 0.15) is 16.7 Å². The second-order valence-corrected chi connectivity index (χ2v) is 7.74. The van der Waals surface area contributed by atoms with Crippen molar-refractivity contribution in [1.29, 1.82) is 0 Å². The molecule has 3 aromatic rings. The molecule has 0 aliphatic carbocycles. The summed E-state index contributed by atoms with van der Waals surface area (Å²) >= 11 is 0. The van der Waals surface area contributed by atoms with Crippen LogP contribution in [0, 0.1) is 0 Å². The molecule has 150 valence electrons. The molecule has 0 amide bonds. The summed E-state index contributed by atoms with van der Waals surface area (Å²) in [5, 5.41) is 0. The number of aromatic nitrogens is 1. The molecule has 2 aliphatic heterocycles. The van der Waals surface area contributed by atoms with Crippen LogP contribution >= 0.6 is 0 Å². The lowest BCUT2D eigenvalue weighted by atomic mass is 9.92. The lowest BCUT2D eigenvalue weighted by Crippen LogP contribution is -2.33. The average molecular weight is 396 g/mol. The third kappa shape index (κ3) is 3.62. The van der Waals surface area contributed by atoms with Gasteiger partial charge in [-0.15, -0.1) is 0 Å². The van der Waals surface area contributed by atoms with Crippen molar-refractivity contribution in [2.75, 3.05) is 25.1 Å². The van der Waals surface area contributed by atoms with Crippen LogP contribution in [0.15, 0.2) is 90.8 Å². The van der Waals surface area contributed by atoms with Crippen molar-refractivity contribution in [1.82, 2.24) is 9.88 Å². The summed E-state index contributed by atoms with van der Waals surface area (Å²) in [7, 11) is 1.73. The second kappa shape index (κ2) is 8.17. The molecule has 5 rings (SSSR count). The van der Waals surface area contributed by atoms with Crippen molar-refractivity contribution in [3.8, 4) is 5.75 Å². The van der Waals surface area contributed by atoms with E-state index in [9.17, 15) is 0 Å². The standard InChI is InChI=1S/C26H25N3O/c1-30-25-12-6-5-10-21(25)18-29-19-22-17-28(16-20-8-3-2-4-9-20)15-13-23(22)24-11-7-14-27-26(24)29/h2-14,19H,15-18H2,1H3. The SMILES string of the molecule is COc1ccccc1CN1C=C2CN(Cc3ccccc3)CC=C2c2cccnc21. The highest BCUT2D eigenvalue weighted by Gasteiger charge is 2.27. The third-order valence-electron chi connectivity index (χ3n) is 5.74. The lowest BCUT2D eigenvalue weighted by Gasteiger charge is -2.35. The fourth-order valence-electron chi connectivity index (χ4n) is 4.32. The van der Waals surface area contributed by atoms with Crippen LogP contribution in [0.25, 0.3) is 5.57 Å². The van der Waals surface area contributed by atoms with E-state index in [-0.39, 0.29) is 0 Å². The number of anilines is 1. The molecule has 4 nitrogen and oxygen atoms in total. The Kier molecular flexibility index (Phi) is 5.08. The van der Waals surface area contributed by atoms with Gasteiger partial charge < -0.3 is 9.64 Å². The Hall–Kier alpha value is -3.37. The summed E-state index contributed by atoms with van der Waals surface area (Å²) in [4.78, 5) is 9.45. The van der Waals surface area contributed by atoms with E-state index >= 15 is 0 Å². The highest BCUT2D eigenvalue weighted by atomic mass is 16.5. The normalized spacial score (nSPS) is 15.7. The zero-order valence-corrected chi connectivity index (χ0v) is 17.2. The fourth-order valence-corrected chi connectivity index (χ4v) is 4.32. The predicted molar refractivity (Wildman–Crippen MR) is 121 cm³/mol. The van der Waals surface area contributed by atoms with Gasteiger partial charge in [0.2, 0.25) is 0 Å². The molecule has 2 aromatic carbocycles. The largest absolute Gasteiger partial charge is 0.496 e. The summed E-state index contributed by atoms with van der Waals surface area (Å²) in [6.45, 7) is 3.55. The maximum Gasteiger partial charge on any atom is 0.140 e. The number of ether oxygens (including phenoxy) is 1. The number of fused-ring (bicyclic) bond motifs is 3. The zero-order valence-electron chi connectivity index (χ0n) is 17.2. The molecule has 4 heteroatoms. The Balaban J connectivity index is 1.46. The summed E-state index contributed by atoms with van der Waals surface area (Å²) in [6, 6.07) is 23.1. The Morgan fingerprint density at radius 1 is 0.933 bits per heavy atom. The minimum atomic E-state index is 0.726. The van der Waals surface area contributed by atoms with Crippen LogP contribution in [0.4, 0.5) is 5.82 Å². The Morgan fingerprint density at radius 2 is 1.77 bits per heavy atom. The van der Waals surface area contributed by atoms with Crippen LogP contribution in [-0.2, 0) is 13.1 Å². The molecule has 0 N–H and O–H groups in total. The minimum absolute atomic E-state index is 0.726. The van der Waals surface area contributed by atoms with Crippen LogP contribution in [0.3, 0.4) is 0 Å². The van der Waals surface area contributed by atoms with E-state index in [2.05, 4.69) is 70.6 Å². The summed E-state index contributed by atoms with van der Waals surface area (Å²) in [5.41, 5.74) is 6.37. The summed E-state index contributed by atoms with van der Waals surface area (Å²) in [5.74, 6) is 1.92. The highest BCUT2D eigenvalue weighted by Crippen LogP contribution is 2.39. The van der Waals surface area contributed by atoms with Crippen molar-refractivity contribution in [2.24, 2.45) is 0 Å². The molecule has 0 radical (unpaired) electrons. The van der Waals surface area contributed by atoms with E-state index in [1.165, 1.54) is 22.3 Å². The zero-order chi connectivity index (χ0) is 20.3. The highest BCUT2D eigenvalue weighted by molar-refractivity contribution is 5.89. The van der Waals surface area contributed by atoms with Crippen LogP contribution in [-0.4, -0.2) is 30.1 Å². The summed E-state index contributed by atoms with van der Waals surface area (Å²) in [6.07, 6.45) is 6.49. The first kappa shape index (κ1) is 18.6. The quantitative estimate of drug-likeness (QED) is 0.615. The van der Waals surface area contributed by atoms with Gasteiger partial charge in [-0.05, 0) is 34.9 Å². The number of benzene rings is 2. The van der Waals surface area contributed by atoms with Gasteiger partial charge >= 0.3 is 0 Å². The molecule has 2 aliphatic rings. The van der Waals surface area contributed by atoms with Gasteiger partial charge in [-0.25, -0.2) is 4.98 Å². The molecule has 0 spiro atoms. The Morgan fingerprint density at radius 3 is 2.63 bits per heavy atom. The van der Waals surface area contributed by atoms with Gasteiger partial charge in [-0.3, -0.25) is 4.90 Å². The van der Waals surface area contributed by atoms with Crippen LogP contribution in [0.5, 0.6) is 5.75 Å². The molecule has 0 bridgehead atoms. The maximum absolute atomic E-state index is 5.58. The molecular weight excluding hydrogens is 370 g/mol. The van der Waals surface area contributed by atoms with E-state index < -0.39 is 0 Å². The molecular formula is C26H25N3O. The molecule has 3 heterocycles. The molecule has 0 unspecified atom stereocenters. The monoisotopic (exact) mass is 395 g/mol. The first-order chi connectivity index (χ1) is 14.8. The van der Waals surface area contributed by atoms with Gasteiger partial charge in [-0.2, -0.15) is 0 Å². The number of methoxy groups -OCH3 is 1. The molecule has 30 heavy (non-hydrogen) atoms. The van der Waals surface area contributed by atoms with Crippen LogP contribution < -0.4 is 9.64 Å². The van der Waals surface area contributed by atoms with Gasteiger partial charge in [0.05, 0.1) is 13.7 Å². The van der Waals surface area contributed by atoms with Gasteiger partial charge in [-0.1, -0.05) is 54.6 Å². The van der Waals surface area contributed by atoms with Crippen molar-refractivity contribution < 1.29 is 4.74 Å². The van der Waals surface area contributed by atoms with E-state index in [0.717, 1.165) is 43.3 Å².